The number of carbonyl (C=O) groups excluding carboxylic acids is 2. The van der Waals surface area contributed by atoms with Gasteiger partial charge in [-0.05, 0) is 32.2 Å². The molecule has 0 saturated heterocycles. The fourth-order valence-electron chi connectivity index (χ4n) is 1.35. The largest absolute Gasteiger partial charge is 0.466 e. The second kappa shape index (κ2) is 7.35. The number of hydrogen-bond acceptors (Lipinski definition) is 4. The first-order valence-electron chi connectivity index (χ1n) is 5.92. The summed E-state index contributed by atoms with van der Waals surface area (Å²) in [5.41, 5.74) is 0.556. The minimum Gasteiger partial charge on any atom is -0.466 e. The standard InChI is InChI=1S/C12H17ClN2O3S/c1-4-18-11(16)7(2)8(3)14-12(17)15-9-5-6-19-10(9)13/h5-8H,4H2,1-3H3,(H2,14,15,17)/t7-,8+/m1/s1. The van der Waals surface area contributed by atoms with Crippen molar-refractivity contribution in [3.63, 3.8) is 0 Å². The van der Waals surface area contributed by atoms with Gasteiger partial charge in [0.15, 0.2) is 0 Å². The molecule has 106 valence electrons. The Morgan fingerprint density at radius 3 is 2.68 bits per heavy atom. The summed E-state index contributed by atoms with van der Waals surface area (Å²) in [5, 5.41) is 7.08. The van der Waals surface area contributed by atoms with Crippen molar-refractivity contribution in [3.05, 3.63) is 15.8 Å². The van der Waals surface area contributed by atoms with Crippen LogP contribution in [0.2, 0.25) is 4.34 Å². The molecule has 7 heteroatoms. The van der Waals surface area contributed by atoms with E-state index >= 15 is 0 Å². The maximum Gasteiger partial charge on any atom is 0.319 e. The number of hydrogen-bond donors (Lipinski definition) is 2. The van der Waals surface area contributed by atoms with Crippen LogP contribution in [-0.4, -0.2) is 24.6 Å². The van der Waals surface area contributed by atoms with Crippen molar-refractivity contribution in [1.29, 1.82) is 0 Å². The van der Waals surface area contributed by atoms with Crippen molar-refractivity contribution in [2.24, 2.45) is 5.92 Å². The molecule has 0 unspecified atom stereocenters. The second-order valence-corrected chi connectivity index (χ2v) is 5.55. The SMILES string of the molecule is CCOC(=O)[C@H](C)[C@H](C)NC(=O)Nc1ccsc1Cl. The van der Waals surface area contributed by atoms with Crippen LogP contribution in [0.1, 0.15) is 20.8 Å². The van der Waals surface area contributed by atoms with Crippen molar-refractivity contribution < 1.29 is 14.3 Å². The van der Waals surface area contributed by atoms with E-state index in [1.807, 2.05) is 0 Å². The van der Waals surface area contributed by atoms with Crippen LogP contribution in [-0.2, 0) is 9.53 Å². The number of rotatable bonds is 5. The Labute approximate surface area is 121 Å². The van der Waals surface area contributed by atoms with Crippen LogP contribution in [0.5, 0.6) is 0 Å². The Kier molecular flexibility index (Phi) is 6.11. The monoisotopic (exact) mass is 304 g/mol. The van der Waals surface area contributed by atoms with Gasteiger partial charge in [-0.1, -0.05) is 11.6 Å². The van der Waals surface area contributed by atoms with Gasteiger partial charge in [-0.2, -0.15) is 0 Å². The van der Waals surface area contributed by atoms with E-state index in [1.54, 1.807) is 32.2 Å². The fourth-order valence-corrected chi connectivity index (χ4v) is 2.18. The molecule has 2 atom stereocenters. The van der Waals surface area contributed by atoms with Gasteiger partial charge in [0, 0.05) is 6.04 Å². The molecule has 0 aliphatic rings. The Balaban J connectivity index is 2.48. The summed E-state index contributed by atoms with van der Waals surface area (Å²) in [6.45, 7) is 5.53. The maximum absolute atomic E-state index is 11.7. The van der Waals surface area contributed by atoms with Crippen LogP contribution in [0.3, 0.4) is 0 Å². The minimum atomic E-state index is -0.413. The third-order valence-electron chi connectivity index (χ3n) is 2.63. The van der Waals surface area contributed by atoms with Crippen LogP contribution < -0.4 is 10.6 Å². The zero-order valence-corrected chi connectivity index (χ0v) is 12.6. The molecular formula is C12H17ClN2O3S. The molecule has 2 amide bonds. The molecule has 0 fully saturated rings. The van der Waals surface area contributed by atoms with Crippen molar-refractivity contribution in [1.82, 2.24) is 5.32 Å². The van der Waals surface area contributed by atoms with Gasteiger partial charge in [-0.25, -0.2) is 4.79 Å². The highest BCUT2D eigenvalue weighted by Crippen LogP contribution is 2.27. The molecule has 1 heterocycles. The van der Waals surface area contributed by atoms with Crippen LogP contribution in [0.25, 0.3) is 0 Å². The van der Waals surface area contributed by atoms with Crippen LogP contribution in [0.4, 0.5) is 10.5 Å². The van der Waals surface area contributed by atoms with Crippen LogP contribution >= 0.6 is 22.9 Å². The van der Waals surface area contributed by atoms with Gasteiger partial charge in [-0.15, -0.1) is 11.3 Å². The van der Waals surface area contributed by atoms with Gasteiger partial charge in [0.2, 0.25) is 0 Å². The van der Waals surface area contributed by atoms with Crippen molar-refractivity contribution in [2.45, 2.75) is 26.8 Å². The normalized spacial score (nSPS) is 13.5. The lowest BCUT2D eigenvalue weighted by molar-refractivity contribution is -0.148. The highest BCUT2D eigenvalue weighted by Gasteiger charge is 2.23. The van der Waals surface area contributed by atoms with Crippen molar-refractivity contribution >= 4 is 40.6 Å². The number of halogens is 1. The van der Waals surface area contributed by atoms with Crippen LogP contribution in [0.15, 0.2) is 11.4 Å². The van der Waals surface area contributed by atoms with E-state index in [9.17, 15) is 9.59 Å². The zero-order chi connectivity index (χ0) is 14.4. The number of carbonyl (C=O) groups is 2. The third kappa shape index (κ3) is 4.72. The zero-order valence-electron chi connectivity index (χ0n) is 11.0. The molecule has 0 spiro atoms. The summed E-state index contributed by atoms with van der Waals surface area (Å²) >= 11 is 7.21. The van der Waals surface area contributed by atoms with E-state index in [1.165, 1.54) is 11.3 Å². The van der Waals surface area contributed by atoms with E-state index in [4.69, 9.17) is 16.3 Å². The number of amides is 2. The minimum absolute atomic E-state index is 0.326. The first kappa shape index (κ1) is 15.8. The highest BCUT2D eigenvalue weighted by atomic mass is 35.5. The quantitative estimate of drug-likeness (QED) is 0.821. The molecule has 0 saturated carbocycles. The lowest BCUT2D eigenvalue weighted by Gasteiger charge is -2.19. The Hall–Kier alpha value is -1.27. The molecule has 5 nitrogen and oxygen atoms in total. The second-order valence-electron chi connectivity index (χ2n) is 4.04. The van der Waals surface area contributed by atoms with E-state index in [0.717, 1.165) is 0 Å². The number of thiophene rings is 1. The number of anilines is 1. The van der Waals surface area contributed by atoms with E-state index < -0.39 is 11.9 Å². The van der Waals surface area contributed by atoms with Gasteiger partial charge in [0.1, 0.15) is 4.34 Å². The van der Waals surface area contributed by atoms with Gasteiger partial charge >= 0.3 is 12.0 Å². The Morgan fingerprint density at radius 2 is 2.16 bits per heavy atom. The van der Waals surface area contributed by atoms with E-state index in [2.05, 4.69) is 10.6 Å². The summed E-state index contributed by atoms with van der Waals surface area (Å²) in [6.07, 6.45) is 0. The first-order chi connectivity index (χ1) is 8.95. The predicted molar refractivity (Wildman–Crippen MR) is 76.7 cm³/mol. The first-order valence-corrected chi connectivity index (χ1v) is 7.18. The van der Waals surface area contributed by atoms with Gasteiger partial charge in [0.05, 0.1) is 18.2 Å². The highest BCUT2D eigenvalue weighted by molar-refractivity contribution is 7.15. The molecule has 1 aromatic heterocycles. The predicted octanol–water partition coefficient (Wildman–Crippen LogP) is 3.11. The molecule has 19 heavy (non-hydrogen) atoms. The lowest BCUT2D eigenvalue weighted by Crippen LogP contribution is -2.42. The number of nitrogens with one attached hydrogen (secondary N) is 2. The molecule has 0 aliphatic heterocycles. The van der Waals surface area contributed by atoms with Gasteiger partial charge < -0.3 is 15.4 Å². The average molecular weight is 305 g/mol. The number of urea groups is 1. The molecule has 1 aromatic rings. The van der Waals surface area contributed by atoms with E-state index in [0.29, 0.717) is 16.6 Å². The third-order valence-corrected chi connectivity index (χ3v) is 3.80. The Morgan fingerprint density at radius 1 is 1.47 bits per heavy atom. The number of ether oxygens (including phenoxy) is 1. The van der Waals surface area contributed by atoms with Crippen molar-refractivity contribution in [3.8, 4) is 0 Å². The maximum atomic E-state index is 11.7. The summed E-state index contributed by atoms with van der Waals surface area (Å²) in [7, 11) is 0. The molecule has 0 aromatic carbocycles. The molecule has 0 radical (unpaired) electrons. The molecule has 0 aliphatic carbocycles. The summed E-state index contributed by atoms with van der Waals surface area (Å²) in [5.74, 6) is -0.743. The smallest absolute Gasteiger partial charge is 0.319 e. The molecule has 0 bridgehead atoms. The van der Waals surface area contributed by atoms with Gasteiger partial charge in [0.25, 0.3) is 0 Å². The average Bonchev–Trinajstić information content (AvgIpc) is 2.74. The number of esters is 1. The molecular weight excluding hydrogens is 288 g/mol. The summed E-state index contributed by atoms with van der Waals surface area (Å²) in [6, 6.07) is 0.979. The van der Waals surface area contributed by atoms with Crippen LogP contribution in [0, 0.1) is 5.92 Å². The molecule has 2 N–H and O–H groups in total. The van der Waals surface area contributed by atoms with Crippen molar-refractivity contribution in [2.75, 3.05) is 11.9 Å². The summed E-state index contributed by atoms with van der Waals surface area (Å²) in [4.78, 5) is 23.3. The summed E-state index contributed by atoms with van der Waals surface area (Å²) < 4.78 is 5.42. The topological polar surface area (TPSA) is 67.4 Å². The van der Waals surface area contributed by atoms with Gasteiger partial charge in [-0.3, -0.25) is 4.79 Å². The van der Waals surface area contributed by atoms with E-state index in [-0.39, 0.29) is 12.0 Å². The molecule has 1 rings (SSSR count). The lowest BCUT2D eigenvalue weighted by atomic mass is 10.0. The fraction of sp³-hybridized carbons (Fsp3) is 0.500. The Bertz CT molecular complexity index is 450.